The molecule has 2 aromatic carbocycles. The van der Waals surface area contributed by atoms with Crippen LogP contribution in [0.15, 0.2) is 52.4 Å². The first-order valence-electron chi connectivity index (χ1n) is 8.60. The third kappa shape index (κ3) is 3.95. The van der Waals surface area contributed by atoms with E-state index in [-0.39, 0.29) is 22.9 Å². The van der Waals surface area contributed by atoms with Gasteiger partial charge in [-0.1, -0.05) is 30.3 Å². The first kappa shape index (κ1) is 19.7. The molecule has 0 atom stereocenters. The summed E-state index contributed by atoms with van der Waals surface area (Å²) in [6.07, 6.45) is 1.17. The molecule has 0 unspecified atom stereocenters. The van der Waals surface area contributed by atoms with Crippen LogP contribution in [0.5, 0.6) is 5.75 Å². The maximum absolute atomic E-state index is 12.6. The molecule has 0 radical (unpaired) electrons. The lowest BCUT2D eigenvalue weighted by Crippen LogP contribution is -2.30. The first-order valence-corrected chi connectivity index (χ1v) is 8.60. The molecule has 1 amide bonds. The predicted octanol–water partition coefficient (Wildman–Crippen LogP) is 1.72. The van der Waals surface area contributed by atoms with Crippen molar-refractivity contribution in [1.29, 1.82) is 0 Å². The molecule has 3 rings (SSSR count). The van der Waals surface area contributed by atoms with Crippen LogP contribution in [0.4, 0.5) is 5.69 Å². The van der Waals surface area contributed by atoms with E-state index in [0.29, 0.717) is 10.8 Å². The van der Waals surface area contributed by atoms with Crippen molar-refractivity contribution < 1.29 is 14.8 Å². The molecule has 0 bridgehead atoms. The van der Waals surface area contributed by atoms with Gasteiger partial charge < -0.3 is 5.11 Å². The van der Waals surface area contributed by atoms with Crippen molar-refractivity contribution in [3.05, 3.63) is 74.2 Å². The van der Waals surface area contributed by atoms with Gasteiger partial charge in [0.1, 0.15) is 0 Å². The summed E-state index contributed by atoms with van der Waals surface area (Å²) in [6, 6.07) is 9.81. The molecule has 10 heteroatoms. The average Bonchev–Trinajstić information content (AvgIpc) is 2.69. The van der Waals surface area contributed by atoms with Crippen LogP contribution in [-0.2, 0) is 0 Å². The van der Waals surface area contributed by atoms with Crippen LogP contribution in [0.2, 0.25) is 0 Å². The fourth-order valence-electron chi connectivity index (χ4n) is 2.70. The number of hydrogen-bond acceptors (Lipinski definition) is 7. The molecule has 0 saturated heterocycles. The second-order valence-electron chi connectivity index (χ2n) is 6.42. The third-order valence-electron chi connectivity index (χ3n) is 4.09. The van der Waals surface area contributed by atoms with E-state index in [1.165, 1.54) is 17.0 Å². The molecule has 0 saturated carbocycles. The maximum atomic E-state index is 12.6. The average molecular weight is 394 g/mol. The molecular formula is C19H16N5O5-. The van der Waals surface area contributed by atoms with E-state index < -0.39 is 22.3 Å². The Bertz CT molecular complexity index is 1200. The minimum Gasteiger partial charge on any atom is -0.868 e. The van der Waals surface area contributed by atoms with Crippen molar-refractivity contribution in [1.82, 2.24) is 15.2 Å². The molecule has 148 valence electrons. The molecule has 29 heavy (non-hydrogen) atoms. The number of hydrogen-bond donors (Lipinski definition) is 1. The summed E-state index contributed by atoms with van der Waals surface area (Å²) in [5.74, 6) is -1.37. The smallest absolute Gasteiger partial charge is 0.292 e. The van der Waals surface area contributed by atoms with Crippen molar-refractivity contribution >= 4 is 28.6 Å². The van der Waals surface area contributed by atoms with Crippen LogP contribution in [0.1, 0.15) is 35.9 Å². The minimum absolute atomic E-state index is 0.0203. The highest BCUT2D eigenvalue weighted by molar-refractivity contribution is 6.05. The standard InChI is InChI=1S/C19H17N5O5/c1-11(2)23-19(27)14-6-4-3-5-13(14)17(22-23)18(26)21-20-10-12-7-8-16(25)15(9-12)24(28)29/h3-11,25H,1-2H3,(H,21,26)/p-1/b20-10-. The highest BCUT2D eigenvalue weighted by Gasteiger charge is 2.17. The summed E-state index contributed by atoms with van der Waals surface area (Å²) in [5.41, 5.74) is 1.69. The Morgan fingerprint density at radius 2 is 1.93 bits per heavy atom. The number of carbonyl (C=O) groups is 1. The van der Waals surface area contributed by atoms with Gasteiger partial charge in [-0.05, 0) is 25.7 Å². The fraction of sp³-hybridized carbons (Fsp3) is 0.158. The van der Waals surface area contributed by atoms with E-state index in [1.54, 1.807) is 38.1 Å². The second kappa shape index (κ2) is 7.89. The van der Waals surface area contributed by atoms with E-state index >= 15 is 0 Å². The van der Waals surface area contributed by atoms with Crippen LogP contribution in [0, 0.1) is 10.1 Å². The first-order chi connectivity index (χ1) is 13.8. The lowest BCUT2D eigenvalue weighted by molar-refractivity contribution is -0.398. The summed E-state index contributed by atoms with van der Waals surface area (Å²) in [5, 5.41) is 30.9. The van der Waals surface area contributed by atoms with Crippen LogP contribution >= 0.6 is 0 Å². The largest absolute Gasteiger partial charge is 0.868 e. The van der Waals surface area contributed by atoms with Crippen LogP contribution in [0.25, 0.3) is 10.8 Å². The maximum Gasteiger partial charge on any atom is 0.292 e. The van der Waals surface area contributed by atoms with Crippen molar-refractivity contribution in [2.75, 3.05) is 0 Å². The molecular weight excluding hydrogens is 378 g/mol. The van der Waals surface area contributed by atoms with Gasteiger partial charge in [-0.25, -0.2) is 10.1 Å². The van der Waals surface area contributed by atoms with Gasteiger partial charge in [0.2, 0.25) is 0 Å². The van der Waals surface area contributed by atoms with Gasteiger partial charge in [0.05, 0.1) is 22.6 Å². The number of aromatic nitrogens is 2. The number of amides is 1. The Morgan fingerprint density at radius 1 is 1.24 bits per heavy atom. The van der Waals surface area contributed by atoms with Crippen molar-refractivity contribution in [2.24, 2.45) is 5.10 Å². The lowest BCUT2D eigenvalue weighted by atomic mass is 10.1. The van der Waals surface area contributed by atoms with Gasteiger partial charge in [-0.3, -0.25) is 19.7 Å². The number of nitrogens with one attached hydrogen (secondary N) is 1. The molecule has 3 aromatic rings. The Hall–Kier alpha value is -4.08. The van der Waals surface area contributed by atoms with Gasteiger partial charge in [0.25, 0.3) is 17.2 Å². The minimum atomic E-state index is -0.788. The number of nitro benzene ring substituents is 1. The third-order valence-corrected chi connectivity index (χ3v) is 4.09. The Kier molecular flexibility index (Phi) is 5.35. The van der Waals surface area contributed by atoms with E-state index in [4.69, 9.17) is 0 Å². The quantitative estimate of drug-likeness (QED) is 0.396. The zero-order chi connectivity index (χ0) is 21.1. The molecule has 0 spiro atoms. The summed E-state index contributed by atoms with van der Waals surface area (Å²) >= 11 is 0. The molecule has 1 N–H and O–H groups in total. The number of carbonyl (C=O) groups excluding carboxylic acids is 1. The number of hydrazone groups is 1. The predicted molar refractivity (Wildman–Crippen MR) is 104 cm³/mol. The zero-order valence-electron chi connectivity index (χ0n) is 15.5. The van der Waals surface area contributed by atoms with E-state index in [1.807, 2.05) is 0 Å². The van der Waals surface area contributed by atoms with Crippen LogP contribution in [0.3, 0.4) is 0 Å². The highest BCUT2D eigenvalue weighted by Crippen LogP contribution is 2.23. The molecule has 0 aliphatic carbocycles. The number of fused-ring (bicyclic) bond motifs is 1. The van der Waals surface area contributed by atoms with Crippen LogP contribution in [-0.4, -0.2) is 26.8 Å². The molecule has 0 aliphatic rings. The second-order valence-corrected chi connectivity index (χ2v) is 6.42. The SMILES string of the molecule is CC(C)n1nc(C(=O)N/N=C\c2ccc([O-])c([N+](=O)[O-])c2)c2ccccc2c1=O. The molecule has 10 nitrogen and oxygen atoms in total. The van der Waals surface area contributed by atoms with Gasteiger partial charge in [0, 0.05) is 17.0 Å². The van der Waals surface area contributed by atoms with Gasteiger partial charge in [0.15, 0.2) is 5.69 Å². The number of nitrogens with zero attached hydrogens (tertiary/aromatic N) is 4. The Balaban J connectivity index is 1.92. The highest BCUT2D eigenvalue weighted by atomic mass is 16.6. The zero-order valence-corrected chi connectivity index (χ0v) is 15.5. The normalized spacial score (nSPS) is 11.3. The number of benzene rings is 2. The molecule has 1 heterocycles. The van der Waals surface area contributed by atoms with E-state index in [2.05, 4.69) is 15.6 Å². The molecule has 0 aliphatic heterocycles. The summed E-state index contributed by atoms with van der Waals surface area (Å²) < 4.78 is 1.22. The molecule has 1 aromatic heterocycles. The van der Waals surface area contributed by atoms with Gasteiger partial charge >= 0.3 is 0 Å². The van der Waals surface area contributed by atoms with Crippen molar-refractivity contribution in [2.45, 2.75) is 19.9 Å². The number of nitro groups is 1. The number of rotatable bonds is 5. The van der Waals surface area contributed by atoms with Crippen LogP contribution < -0.4 is 16.1 Å². The lowest BCUT2D eigenvalue weighted by Gasteiger charge is -2.12. The summed E-state index contributed by atoms with van der Waals surface area (Å²) in [4.78, 5) is 35.2. The van der Waals surface area contributed by atoms with Gasteiger partial charge in [-0.15, -0.1) is 0 Å². The van der Waals surface area contributed by atoms with Crippen molar-refractivity contribution in [3.63, 3.8) is 0 Å². The summed E-state index contributed by atoms with van der Waals surface area (Å²) in [6.45, 7) is 3.55. The Labute approximate surface area is 164 Å². The summed E-state index contributed by atoms with van der Waals surface area (Å²) in [7, 11) is 0. The monoisotopic (exact) mass is 394 g/mol. The Morgan fingerprint density at radius 3 is 2.59 bits per heavy atom. The topological polar surface area (TPSA) is 143 Å². The van der Waals surface area contributed by atoms with Crippen molar-refractivity contribution in [3.8, 4) is 5.75 Å². The van der Waals surface area contributed by atoms with Gasteiger partial charge in [-0.2, -0.15) is 10.2 Å². The van der Waals surface area contributed by atoms with E-state index in [0.717, 1.165) is 12.1 Å². The fourth-order valence-corrected chi connectivity index (χ4v) is 2.70. The van der Waals surface area contributed by atoms with E-state index in [9.17, 15) is 24.8 Å². The molecule has 0 fully saturated rings.